The maximum absolute atomic E-state index is 11.1. The van der Waals surface area contributed by atoms with Crippen molar-refractivity contribution in [3.8, 4) is 5.75 Å². The second kappa shape index (κ2) is 6.67. The van der Waals surface area contributed by atoms with Gasteiger partial charge < -0.3 is 15.3 Å². The number of nitrogens with one attached hydrogen (secondary N) is 1. The second-order valence-electron chi connectivity index (χ2n) is 7.42. The zero-order chi connectivity index (χ0) is 20.0. The number of phenols is 1. The average Bonchev–Trinajstić information content (AvgIpc) is 2.76. The van der Waals surface area contributed by atoms with Gasteiger partial charge in [-0.1, -0.05) is 48.5 Å². The molecule has 2 N–H and O–H groups in total. The third-order valence-corrected chi connectivity index (χ3v) is 5.32. The van der Waals surface area contributed by atoms with E-state index >= 15 is 0 Å². The van der Waals surface area contributed by atoms with Crippen LogP contribution < -0.4 is 20.8 Å². The number of phenolic OH excluding ortho intramolecular Hbond substituents is 1. The molecule has 0 amide bonds. The van der Waals surface area contributed by atoms with Crippen molar-refractivity contribution >= 4 is 39.6 Å². The Balaban J connectivity index is 1.84. The number of aromatic hydroxyl groups is 1. The Kier molecular flexibility index (Phi) is 3.98. The normalized spacial score (nSPS) is 12.7. The largest absolute Gasteiger partial charge is 0.507 e. The Morgan fingerprint density at radius 2 is 1.55 bits per heavy atom. The van der Waals surface area contributed by atoms with Crippen molar-refractivity contribution in [1.82, 2.24) is 0 Å². The summed E-state index contributed by atoms with van der Waals surface area (Å²) < 4.78 is 0. The lowest BCUT2D eigenvalue weighted by Gasteiger charge is -2.18. The molecule has 142 valence electrons. The van der Waals surface area contributed by atoms with E-state index in [0.717, 1.165) is 49.7 Å². The Labute approximate surface area is 169 Å². The van der Waals surface area contributed by atoms with Gasteiger partial charge >= 0.3 is 0 Å². The number of rotatable bonds is 2. The Morgan fingerprint density at radius 1 is 0.862 bits per heavy atom. The molecule has 5 rings (SSSR count). The third kappa shape index (κ3) is 2.90. The van der Waals surface area contributed by atoms with Gasteiger partial charge in [0.1, 0.15) is 5.75 Å². The molecule has 0 bridgehead atoms. The minimum Gasteiger partial charge on any atom is -0.507 e. The first-order chi connectivity index (χ1) is 14.1. The second-order valence-corrected chi connectivity index (χ2v) is 7.42. The standard InChI is InChI=1S/C25H21N3O/c1-28(2)17-13-11-16(12-14-17)15-20-24-23(18-7-3-4-8-19(18)25(20)29)26-21-9-5-6-10-22(21)27-24/h3-15,26,29H,1-2H3/b20-15+. The zero-order valence-corrected chi connectivity index (χ0v) is 16.3. The van der Waals surface area contributed by atoms with Gasteiger partial charge in [0.25, 0.3) is 0 Å². The highest BCUT2D eigenvalue weighted by Crippen LogP contribution is 2.34. The van der Waals surface area contributed by atoms with Crippen molar-refractivity contribution in [2.45, 2.75) is 0 Å². The lowest BCUT2D eigenvalue weighted by Crippen LogP contribution is -2.30. The summed E-state index contributed by atoms with van der Waals surface area (Å²) in [7, 11) is 4.04. The van der Waals surface area contributed by atoms with Crippen LogP contribution in [0.15, 0.2) is 77.8 Å². The number of benzene rings is 4. The molecule has 0 saturated carbocycles. The van der Waals surface area contributed by atoms with E-state index in [9.17, 15) is 5.11 Å². The van der Waals surface area contributed by atoms with Crippen LogP contribution in [-0.2, 0) is 0 Å². The fraction of sp³-hybridized carbons (Fsp3) is 0.0800. The van der Waals surface area contributed by atoms with Crippen molar-refractivity contribution in [1.29, 1.82) is 0 Å². The molecular formula is C25H21N3O. The summed E-state index contributed by atoms with van der Waals surface area (Å²) in [5.41, 5.74) is 4.90. The van der Waals surface area contributed by atoms with Crippen molar-refractivity contribution in [3.05, 3.63) is 88.9 Å². The van der Waals surface area contributed by atoms with Crippen LogP contribution in [0.5, 0.6) is 5.75 Å². The minimum absolute atomic E-state index is 0.251. The topological polar surface area (TPSA) is 47.9 Å². The van der Waals surface area contributed by atoms with Gasteiger partial charge in [0.2, 0.25) is 0 Å². The van der Waals surface area contributed by atoms with Gasteiger partial charge in [-0.25, -0.2) is 4.99 Å². The van der Waals surface area contributed by atoms with Crippen LogP contribution in [0.2, 0.25) is 0 Å². The van der Waals surface area contributed by atoms with E-state index < -0.39 is 0 Å². The van der Waals surface area contributed by atoms with Crippen LogP contribution in [0.25, 0.3) is 16.8 Å². The number of anilines is 3. The highest BCUT2D eigenvalue weighted by Gasteiger charge is 2.17. The molecule has 0 aliphatic carbocycles. The molecule has 1 aliphatic rings. The molecule has 0 aromatic heterocycles. The van der Waals surface area contributed by atoms with E-state index in [1.807, 2.05) is 68.7 Å². The molecule has 4 nitrogen and oxygen atoms in total. The van der Waals surface area contributed by atoms with Crippen LogP contribution >= 0.6 is 0 Å². The highest BCUT2D eigenvalue weighted by molar-refractivity contribution is 6.00. The van der Waals surface area contributed by atoms with Gasteiger partial charge in [-0.15, -0.1) is 0 Å². The predicted molar refractivity (Wildman–Crippen MR) is 120 cm³/mol. The first-order valence-electron chi connectivity index (χ1n) is 9.59. The molecule has 0 radical (unpaired) electrons. The first-order valence-corrected chi connectivity index (χ1v) is 9.59. The van der Waals surface area contributed by atoms with Gasteiger partial charge in [0.05, 0.1) is 22.4 Å². The molecule has 0 atom stereocenters. The zero-order valence-electron chi connectivity index (χ0n) is 16.3. The Bertz CT molecular complexity index is 1360. The number of nitrogens with zero attached hydrogens (tertiary/aromatic N) is 2. The fourth-order valence-electron chi connectivity index (χ4n) is 3.77. The van der Waals surface area contributed by atoms with Gasteiger partial charge in [-0.05, 0) is 35.9 Å². The predicted octanol–water partition coefficient (Wildman–Crippen LogP) is 4.45. The third-order valence-electron chi connectivity index (χ3n) is 5.32. The van der Waals surface area contributed by atoms with E-state index in [-0.39, 0.29) is 5.75 Å². The van der Waals surface area contributed by atoms with Crippen molar-refractivity contribution in [2.75, 3.05) is 24.3 Å². The smallest absolute Gasteiger partial charge is 0.132 e. The number of hydrogen-bond acceptors (Lipinski definition) is 4. The molecule has 29 heavy (non-hydrogen) atoms. The maximum atomic E-state index is 11.1. The van der Waals surface area contributed by atoms with Crippen molar-refractivity contribution in [3.63, 3.8) is 0 Å². The molecule has 0 fully saturated rings. The Morgan fingerprint density at radius 3 is 2.31 bits per heavy atom. The van der Waals surface area contributed by atoms with E-state index in [0.29, 0.717) is 0 Å². The summed E-state index contributed by atoms with van der Waals surface area (Å²) in [5, 5.41) is 17.9. The average molecular weight is 379 g/mol. The summed E-state index contributed by atoms with van der Waals surface area (Å²) in [6.07, 6.45) is 2.00. The molecular weight excluding hydrogens is 358 g/mol. The lowest BCUT2D eigenvalue weighted by molar-refractivity contribution is 0.476. The van der Waals surface area contributed by atoms with Crippen LogP contribution in [-0.4, -0.2) is 19.2 Å². The quantitative estimate of drug-likeness (QED) is 0.446. The summed E-state index contributed by atoms with van der Waals surface area (Å²) in [4.78, 5) is 6.96. The fourth-order valence-corrected chi connectivity index (χ4v) is 3.77. The van der Waals surface area contributed by atoms with Crippen LogP contribution in [0, 0.1) is 0 Å². The molecule has 4 aromatic rings. The molecule has 1 heterocycles. The van der Waals surface area contributed by atoms with Gasteiger partial charge in [-0.3, -0.25) is 0 Å². The summed E-state index contributed by atoms with van der Waals surface area (Å²) in [5.74, 6) is 0.251. The lowest BCUT2D eigenvalue weighted by atomic mass is 10.0. The SMILES string of the molecule is CN(C)c1ccc(/C=c2/c(O)c3ccccc3c3c2=Nc2ccccc2N3)cc1. The number of hydrogen-bond donors (Lipinski definition) is 2. The number of fused-ring (bicyclic) bond motifs is 4. The molecule has 4 aromatic carbocycles. The van der Waals surface area contributed by atoms with E-state index in [1.165, 1.54) is 0 Å². The molecule has 0 saturated heterocycles. The van der Waals surface area contributed by atoms with Gasteiger partial charge in [0, 0.05) is 35.8 Å². The molecule has 4 heteroatoms. The summed E-state index contributed by atoms with van der Waals surface area (Å²) in [6, 6.07) is 24.1. The van der Waals surface area contributed by atoms with E-state index in [2.05, 4.69) is 34.5 Å². The first kappa shape index (κ1) is 17.3. The van der Waals surface area contributed by atoms with Crippen molar-refractivity contribution < 1.29 is 5.11 Å². The van der Waals surface area contributed by atoms with E-state index in [1.54, 1.807) is 0 Å². The molecule has 0 unspecified atom stereocenters. The van der Waals surface area contributed by atoms with Gasteiger partial charge in [0.15, 0.2) is 0 Å². The molecule has 0 spiro atoms. The summed E-state index contributed by atoms with van der Waals surface area (Å²) >= 11 is 0. The van der Waals surface area contributed by atoms with Crippen LogP contribution in [0.3, 0.4) is 0 Å². The monoisotopic (exact) mass is 379 g/mol. The number of para-hydroxylation sites is 2. The summed E-state index contributed by atoms with van der Waals surface area (Å²) in [6.45, 7) is 0. The Hall–Kier alpha value is -3.79. The minimum atomic E-state index is 0.251. The highest BCUT2D eigenvalue weighted by atomic mass is 16.3. The van der Waals surface area contributed by atoms with E-state index in [4.69, 9.17) is 4.99 Å². The van der Waals surface area contributed by atoms with Crippen LogP contribution in [0.1, 0.15) is 5.56 Å². The van der Waals surface area contributed by atoms with Gasteiger partial charge in [-0.2, -0.15) is 0 Å². The van der Waals surface area contributed by atoms with Crippen LogP contribution in [0.4, 0.5) is 22.7 Å². The maximum Gasteiger partial charge on any atom is 0.132 e. The molecule has 1 aliphatic heterocycles. The van der Waals surface area contributed by atoms with Crippen molar-refractivity contribution in [2.24, 2.45) is 4.99 Å².